The molecule has 1 aliphatic heterocycles. The van der Waals surface area contributed by atoms with Gasteiger partial charge in [-0.3, -0.25) is 4.79 Å². The van der Waals surface area contributed by atoms with Gasteiger partial charge in [-0.05, 0) is 24.3 Å². The number of aromatic nitrogens is 2. The fraction of sp³-hybridized carbons (Fsp3) is 0.158. The Kier molecular flexibility index (Phi) is 4.18. The van der Waals surface area contributed by atoms with Crippen LogP contribution in [0.3, 0.4) is 0 Å². The van der Waals surface area contributed by atoms with Gasteiger partial charge in [-0.15, -0.1) is 0 Å². The molecule has 0 fully saturated rings. The maximum absolute atomic E-state index is 14.1. The third-order valence-electron chi connectivity index (χ3n) is 4.51. The number of carbonyl (C=O) groups excluding carboxylic acids is 1. The molecular weight excluding hydrogens is 362 g/mol. The molecule has 8 heteroatoms. The molecular formula is C19H13F4N3O. The van der Waals surface area contributed by atoms with Crippen molar-refractivity contribution in [1.29, 1.82) is 0 Å². The van der Waals surface area contributed by atoms with Crippen LogP contribution in [0, 0.1) is 23.3 Å². The summed E-state index contributed by atoms with van der Waals surface area (Å²) < 4.78 is 55.8. The van der Waals surface area contributed by atoms with Crippen molar-refractivity contribution in [3.63, 3.8) is 0 Å². The second-order valence-corrected chi connectivity index (χ2v) is 6.20. The first kappa shape index (κ1) is 17.3. The van der Waals surface area contributed by atoms with E-state index in [2.05, 4.69) is 4.98 Å². The van der Waals surface area contributed by atoms with E-state index >= 15 is 0 Å². The molecule has 0 radical (unpaired) electrons. The summed E-state index contributed by atoms with van der Waals surface area (Å²) in [7, 11) is 0. The number of imidazole rings is 1. The number of rotatable bonds is 2. The summed E-state index contributed by atoms with van der Waals surface area (Å²) in [4.78, 5) is 18.2. The van der Waals surface area contributed by atoms with Crippen molar-refractivity contribution in [2.45, 2.75) is 13.1 Å². The SMILES string of the molecule is O=C(c1ccc(F)cc1F)N1CCn2c(cnc2-c2ccc(F)cc2F)C1. The molecule has 4 rings (SSSR count). The summed E-state index contributed by atoms with van der Waals surface area (Å²) in [6, 6.07) is 6.05. The average molecular weight is 375 g/mol. The zero-order valence-electron chi connectivity index (χ0n) is 13.9. The average Bonchev–Trinajstić information content (AvgIpc) is 3.04. The second kappa shape index (κ2) is 6.53. The van der Waals surface area contributed by atoms with Crippen LogP contribution in [0.1, 0.15) is 16.1 Å². The van der Waals surface area contributed by atoms with Gasteiger partial charge < -0.3 is 9.47 Å². The van der Waals surface area contributed by atoms with Crippen molar-refractivity contribution in [1.82, 2.24) is 14.5 Å². The summed E-state index contributed by atoms with van der Waals surface area (Å²) in [5, 5.41) is 0. The molecule has 0 saturated carbocycles. The Morgan fingerprint density at radius 1 is 0.926 bits per heavy atom. The van der Waals surface area contributed by atoms with E-state index in [0.717, 1.165) is 24.3 Å². The number of halogens is 4. The number of carbonyl (C=O) groups is 1. The number of fused-ring (bicyclic) bond motifs is 1. The van der Waals surface area contributed by atoms with E-state index in [1.54, 1.807) is 4.57 Å². The zero-order chi connectivity index (χ0) is 19.1. The molecule has 0 N–H and O–H groups in total. The molecule has 2 aromatic carbocycles. The van der Waals surface area contributed by atoms with Crippen LogP contribution in [-0.2, 0) is 13.1 Å². The molecule has 0 saturated heterocycles. The minimum atomic E-state index is -0.923. The predicted molar refractivity (Wildman–Crippen MR) is 88.7 cm³/mol. The molecule has 138 valence electrons. The lowest BCUT2D eigenvalue weighted by Gasteiger charge is -2.29. The summed E-state index contributed by atoms with van der Waals surface area (Å²) in [6.07, 6.45) is 1.50. The van der Waals surface area contributed by atoms with E-state index in [1.165, 1.54) is 17.2 Å². The standard InChI is InChI=1S/C19H13F4N3O/c20-11-1-3-14(16(22)7-11)18-24-9-13-10-25(5-6-26(13)18)19(27)15-4-2-12(21)8-17(15)23/h1-4,7-9H,5-6,10H2. The molecule has 1 aliphatic rings. The number of benzene rings is 2. The molecule has 3 aromatic rings. The maximum atomic E-state index is 14.1. The lowest BCUT2D eigenvalue weighted by Crippen LogP contribution is -2.38. The minimum absolute atomic E-state index is 0.144. The molecule has 4 nitrogen and oxygen atoms in total. The van der Waals surface area contributed by atoms with Crippen LogP contribution in [0.4, 0.5) is 17.6 Å². The van der Waals surface area contributed by atoms with Gasteiger partial charge in [0.05, 0.1) is 29.6 Å². The summed E-state index contributed by atoms with van der Waals surface area (Å²) in [5.74, 6) is -3.31. The molecule has 0 unspecified atom stereocenters. The van der Waals surface area contributed by atoms with Crippen LogP contribution in [0.2, 0.25) is 0 Å². The van der Waals surface area contributed by atoms with Crippen molar-refractivity contribution in [2.75, 3.05) is 6.54 Å². The Morgan fingerprint density at radius 3 is 2.33 bits per heavy atom. The highest BCUT2D eigenvalue weighted by Crippen LogP contribution is 2.27. The molecule has 0 aliphatic carbocycles. The summed E-state index contributed by atoms with van der Waals surface area (Å²) >= 11 is 0. The number of hydrogen-bond acceptors (Lipinski definition) is 2. The van der Waals surface area contributed by atoms with Gasteiger partial charge >= 0.3 is 0 Å². The van der Waals surface area contributed by atoms with Crippen molar-refractivity contribution in [2.24, 2.45) is 0 Å². The van der Waals surface area contributed by atoms with Crippen LogP contribution in [-0.4, -0.2) is 26.9 Å². The van der Waals surface area contributed by atoms with Gasteiger partial charge in [0.15, 0.2) is 0 Å². The van der Waals surface area contributed by atoms with Crippen LogP contribution >= 0.6 is 0 Å². The Hall–Kier alpha value is -3.16. The lowest BCUT2D eigenvalue weighted by molar-refractivity contribution is 0.0707. The van der Waals surface area contributed by atoms with Crippen molar-refractivity contribution < 1.29 is 22.4 Å². The quantitative estimate of drug-likeness (QED) is 0.640. The fourth-order valence-electron chi connectivity index (χ4n) is 3.17. The highest BCUT2D eigenvalue weighted by molar-refractivity contribution is 5.94. The van der Waals surface area contributed by atoms with Gasteiger partial charge in [0, 0.05) is 25.2 Å². The van der Waals surface area contributed by atoms with Gasteiger partial charge in [0.25, 0.3) is 5.91 Å². The first-order chi connectivity index (χ1) is 12.9. The first-order valence-electron chi connectivity index (χ1n) is 8.18. The summed E-state index contributed by atoms with van der Waals surface area (Å²) in [5.41, 5.74) is 0.581. The highest BCUT2D eigenvalue weighted by atomic mass is 19.1. The van der Waals surface area contributed by atoms with E-state index in [9.17, 15) is 22.4 Å². The smallest absolute Gasteiger partial charge is 0.257 e. The van der Waals surface area contributed by atoms with Crippen molar-refractivity contribution >= 4 is 5.91 Å². The van der Waals surface area contributed by atoms with Crippen LogP contribution in [0.25, 0.3) is 11.4 Å². The van der Waals surface area contributed by atoms with Gasteiger partial charge in [0.2, 0.25) is 0 Å². The van der Waals surface area contributed by atoms with Crippen molar-refractivity contribution in [3.8, 4) is 11.4 Å². The Morgan fingerprint density at radius 2 is 1.63 bits per heavy atom. The van der Waals surface area contributed by atoms with Gasteiger partial charge in [-0.1, -0.05) is 0 Å². The molecule has 0 atom stereocenters. The molecule has 2 heterocycles. The topological polar surface area (TPSA) is 38.1 Å². The molecule has 27 heavy (non-hydrogen) atoms. The lowest BCUT2D eigenvalue weighted by atomic mass is 10.1. The molecule has 1 aromatic heterocycles. The molecule has 0 spiro atoms. The zero-order valence-corrected chi connectivity index (χ0v) is 13.9. The normalized spacial score (nSPS) is 13.6. The third-order valence-corrected chi connectivity index (χ3v) is 4.51. The largest absolute Gasteiger partial charge is 0.331 e. The minimum Gasteiger partial charge on any atom is -0.331 e. The van der Waals surface area contributed by atoms with Crippen LogP contribution in [0.15, 0.2) is 42.6 Å². The van der Waals surface area contributed by atoms with E-state index in [-0.39, 0.29) is 24.2 Å². The Bertz CT molecular complexity index is 1050. The molecule has 0 bridgehead atoms. The predicted octanol–water partition coefficient (Wildman–Crippen LogP) is 3.76. The number of hydrogen-bond donors (Lipinski definition) is 0. The monoisotopic (exact) mass is 375 g/mol. The second-order valence-electron chi connectivity index (χ2n) is 6.20. The number of nitrogens with zero attached hydrogens (tertiary/aromatic N) is 3. The Balaban J connectivity index is 1.61. The van der Waals surface area contributed by atoms with Gasteiger partial charge in [-0.25, -0.2) is 22.5 Å². The molecule has 1 amide bonds. The Labute approximate surface area is 151 Å². The van der Waals surface area contributed by atoms with Crippen LogP contribution < -0.4 is 0 Å². The van der Waals surface area contributed by atoms with E-state index in [0.29, 0.717) is 24.1 Å². The first-order valence-corrected chi connectivity index (χ1v) is 8.18. The van der Waals surface area contributed by atoms with Gasteiger partial charge in [-0.2, -0.15) is 0 Å². The van der Waals surface area contributed by atoms with E-state index in [4.69, 9.17) is 0 Å². The van der Waals surface area contributed by atoms with E-state index < -0.39 is 29.2 Å². The number of amides is 1. The van der Waals surface area contributed by atoms with Crippen molar-refractivity contribution in [3.05, 3.63) is 77.1 Å². The summed E-state index contributed by atoms with van der Waals surface area (Å²) in [6.45, 7) is 0.705. The fourth-order valence-corrected chi connectivity index (χ4v) is 3.17. The van der Waals surface area contributed by atoms with E-state index in [1.807, 2.05) is 0 Å². The third kappa shape index (κ3) is 3.07. The maximum Gasteiger partial charge on any atom is 0.257 e. The van der Waals surface area contributed by atoms with Gasteiger partial charge in [0.1, 0.15) is 29.1 Å². The van der Waals surface area contributed by atoms with Crippen LogP contribution in [0.5, 0.6) is 0 Å². The highest BCUT2D eigenvalue weighted by Gasteiger charge is 2.26.